The summed E-state index contributed by atoms with van der Waals surface area (Å²) in [4.78, 5) is 11.5. The minimum Gasteiger partial charge on any atom is -0.458 e. The van der Waals surface area contributed by atoms with Gasteiger partial charge in [-0.2, -0.15) is 0 Å². The number of cyclic esters (lactones) is 1. The number of hydrogen-bond donors (Lipinski definition) is 0. The molecule has 2 heteroatoms. The normalized spacial score (nSPS) is 22.9. The average molecular weight is 246 g/mol. The summed E-state index contributed by atoms with van der Waals surface area (Å²) in [5.41, 5.74) is 0. The van der Waals surface area contributed by atoms with Gasteiger partial charge in [0, 0.05) is 6.42 Å². The van der Waals surface area contributed by atoms with E-state index in [1.165, 1.54) is 0 Å². The van der Waals surface area contributed by atoms with Crippen molar-refractivity contribution in [2.75, 3.05) is 0 Å². The van der Waals surface area contributed by atoms with E-state index < -0.39 is 0 Å². The maximum absolute atomic E-state index is 11.5. The van der Waals surface area contributed by atoms with Crippen molar-refractivity contribution in [1.29, 1.82) is 0 Å². The van der Waals surface area contributed by atoms with E-state index in [1.54, 1.807) is 0 Å². The highest BCUT2D eigenvalue weighted by atomic mass is 16.5. The predicted molar refractivity (Wildman–Crippen MR) is 75.2 cm³/mol. The minimum absolute atomic E-state index is 0.130. The number of allylic oxidation sites excluding steroid dienone is 7. The van der Waals surface area contributed by atoms with Crippen LogP contribution < -0.4 is 0 Å². The summed E-state index contributed by atoms with van der Waals surface area (Å²) in [6, 6.07) is 0. The van der Waals surface area contributed by atoms with Crippen LogP contribution in [-0.4, -0.2) is 12.1 Å². The molecule has 0 spiro atoms. The molecule has 0 amide bonds. The summed E-state index contributed by atoms with van der Waals surface area (Å²) >= 11 is 0. The number of ether oxygens (including phenoxy) is 1. The van der Waals surface area contributed by atoms with Crippen molar-refractivity contribution in [3.8, 4) is 0 Å². The molecule has 0 saturated carbocycles. The van der Waals surface area contributed by atoms with Gasteiger partial charge in [0.25, 0.3) is 0 Å². The quantitative estimate of drug-likeness (QED) is 0.475. The second-order valence-electron chi connectivity index (χ2n) is 4.28. The van der Waals surface area contributed by atoms with Gasteiger partial charge in [0.05, 0.1) is 0 Å². The number of carbonyl (C=O) groups excluding carboxylic acids is 1. The highest BCUT2D eigenvalue weighted by Crippen LogP contribution is 2.02. The summed E-state index contributed by atoms with van der Waals surface area (Å²) in [6.45, 7) is 1.89. The van der Waals surface area contributed by atoms with Gasteiger partial charge in [-0.05, 0) is 38.7 Å². The smallest absolute Gasteiger partial charge is 0.306 e. The summed E-state index contributed by atoms with van der Waals surface area (Å²) in [6.07, 6.45) is 20.5. The van der Waals surface area contributed by atoms with E-state index in [0.717, 1.165) is 25.7 Å². The summed E-state index contributed by atoms with van der Waals surface area (Å²) < 4.78 is 5.25. The lowest BCUT2D eigenvalue weighted by Gasteiger charge is -2.08. The molecule has 1 rings (SSSR count). The number of esters is 1. The van der Waals surface area contributed by atoms with E-state index >= 15 is 0 Å². The maximum Gasteiger partial charge on any atom is 0.306 e. The summed E-state index contributed by atoms with van der Waals surface area (Å²) in [5, 5.41) is 0. The number of carbonyl (C=O) groups is 1. The Hall–Kier alpha value is -1.57. The minimum atomic E-state index is -0.136. The standard InChI is InChI=1S/C16H22O2/c1-15-13-11-9-7-5-3-2-4-6-8-10-12-14-16(17)18-15/h2,4-5,7-8,10-11,13,15H,3,6,9,12,14H2,1H3. The molecule has 1 unspecified atom stereocenters. The van der Waals surface area contributed by atoms with Crippen molar-refractivity contribution in [2.45, 2.75) is 45.1 Å². The molecule has 1 heterocycles. The second kappa shape index (κ2) is 9.46. The Kier molecular flexibility index (Phi) is 7.61. The summed E-state index contributed by atoms with van der Waals surface area (Å²) in [7, 11) is 0. The van der Waals surface area contributed by atoms with Gasteiger partial charge in [0.15, 0.2) is 0 Å². The number of hydrogen-bond acceptors (Lipinski definition) is 2. The lowest BCUT2D eigenvalue weighted by atomic mass is 10.2. The van der Waals surface area contributed by atoms with Crippen molar-refractivity contribution in [2.24, 2.45) is 0 Å². The Morgan fingerprint density at radius 2 is 1.50 bits per heavy atom. The first-order valence-corrected chi connectivity index (χ1v) is 6.60. The van der Waals surface area contributed by atoms with Crippen LogP contribution in [0.15, 0.2) is 48.6 Å². The van der Waals surface area contributed by atoms with Crippen LogP contribution in [0.3, 0.4) is 0 Å². The molecule has 0 radical (unpaired) electrons. The van der Waals surface area contributed by atoms with E-state index in [9.17, 15) is 4.79 Å². The van der Waals surface area contributed by atoms with Gasteiger partial charge in [-0.1, -0.05) is 42.5 Å². The molecule has 1 aliphatic rings. The van der Waals surface area contributed by atoms with Gasteiger partial charge < -0.3 is 4.74 Å². The van der Waals surface area contributed by atoms with Crippen molar-refractivity contribution in [3.63, 3.8) is 0 Å². The molecule has 0 bridgehead atoms. The molecule has 0 aliphatic carbocycles. The van der Waals surface area contributed by atoms with Gasteiger partial charge in [-0.15, -0.1) is 0 Å². The van der Waals surface area contributed by atoms with Crippen molar-refractivity contribution in [3.05, 3.63) is 48.6 Å². The molecule has 0 aromatic heterocycles. The van der Waals surface area contributed by atoms with Crippen LogP contribution in [0.4, 0.5) is 0 Å². The highest BCUT2D eigenvalue weighted by Gasteiger charge is 2.04. The molecule has 98 valence electrons. The average Bonchev–Trinajstić information content (AvgIpc) is 2.33. The molecular weight excluding hydrogens is 224 g/mol. The number of rotatable bonds is 0. The van der Waals surface area contributed by atoms with E-state index in [-0.39, 0.29) is 12.1 Å². The van der Waals surface area contributed by atoms with Crippen molar-refractivity contribution in [1.82, 2.24) is 0 Å². The van der Waals surface area contributed by atoms with Gasteiger partial charge in [0.1, 0.15) is 6.10 Å². The SMILES string of the molecule is CC1C=CCC=CCC=CCC=CCCC(=O)O1. The molecule has 1 aliphatic heterocycles. The third-order valence-corrected chi connectivity index (χ3v) is 2.56. The first kappa shape index (κ1) is 14.5. The van der Waals surface area contributed by atoms with E-state index in [4.69, 9.17) is 4.74 Å². The van der Waals surface area contributed by atoms with E-state index in [2.05, 4.69) is 30.4 Å². The molecule has 0 fully saturated rings. The Morgan fingerprint density at radius 1 is 0.944 bits per heavy atom. The van der Waals surface area contributed by atoms with Crippen LogP contribution >= 0.6 is 0 Å². The van der Waals surface area contributed by atoms with Crippen LogP contribution in [0.1, 0.15) is 39.0 Å². The largest absolute Gasteiger partial charge is 0.458 e. The molecule has 0 saturated heterocycles. The monoisotopic (exact) mass is 246 g/mol. The maximum atomic E-state index is 11.5. The molecule has 2 nitrogen and oxygen atoms in total. The molecule has 1 atom stereocenters. The Morgan fingerprint density at radius 3 is 2.17 bits per heavy atom. The Balaban J connectivity index is 2.51. The Bertz CT molecular complexity index is 348. The lowest BCUT2D eigenvalue weighted by molar-refractivity contribution is -0.146. The van der Waals surface area contributed by atoms with Crippen molar-refractivity contribution < 1.29 is 9.53 Å². The van der Waals surface area contributed by atoms with Crippen LogP contribution in [-0.2, 0) is 9.53 Å². The van der Waals surface area contributed by atoms with E-state index in [1.807, 2.05) is 25.2 Å². The van der Waals surface area contributed by atoms with Crippen LogP contribution in [0, 0.1) is 0 Å². The molecule has 0 aromatic carbocycles. The molecule has 0 aromatic rings. The molecule has 18 heavy (non-hydrogen) atoms. The van der Waals surface area contributed by atoms with Crippen LogP contribution in [0.5, 0.6) is 0 Å². The highest BCUT2D eigenvalue weighted by molar-refractivity contribution is 5.69. The first-order chi connectivity index (χ1) is 8.79. The summed E-state index contributed by atoms with van der Waals surface area (Å²) in [5.74, 6) is -0.130. The third kappa shape index (κ3) is 7.66. The van der Waals surface area contributed by atoms with Gasteiger partial charge in [-0.3, -0.25) is 4.79 Å². The van der Waals surface area contributed by atoms with Crippen molar-refractivity contribution >= 4 is 5.97 Å². The third-order valence-electron chi connectivity index (χ3n) is 2.56. The predicted octanol–water partition coefficient (Wildman–Crippen LogP) is 4.11. The first-order valence-electron chi connectivity index (χ1n) is 6.60. The van der Waals surface area contributed by atoms with Crippen LogP contribution in [0.25, 0.3) is 0 Å². The van der Waals surface area contributed by atoms with Crippen LogP contribution in [0.2, 0.25) is 0 Å². The fraction of sp³-hybridized carbons (Fsp3) is 0.438. The lowest BCUT2D eigenvalue weighted by Crippen LogP contribution is -2.11. The zero-order valence-electron chi connectivity index (χ0n) is 11.0. The van der Waals surface area contributed by atoms with Gasteiger partial charge >= 0.3 is 5.97 Å². The Labute approximate surface area is 110 Å². The second-order valence-corrected chi connectivity index (χ2v) is 4.28. The van der Waals surface area contributed by atoms with E-state index in [0.29, 0.717) is 6.42 Å². The molecular formula is C16H22O2. The zero-order valence-corrected chi connectivity index (χ0v) is 11.0. The fourth-order valence-corrected chi connectivity index (χ4v) is 1.61. The van der Waals surface area contributed by atoms with Gasteiger partial charge in [0.2, 0.25) is 0 Å². The van der Waals surface area contributed by atoms with Gasteiger partial charge in [-0.25, -0.2) is 0 Å². The molecule has 0 N–H and O–H groups in total. The zero-order chi connectivity index (χ0) is 13.1. The fourth-order valence-electron chi connectivity index (χ4n) is 1.61. The topological polar surface area (TPSA) is 26.3 Å².